The number of rotatable bonds is 5. The molecule has 0 spiro atoms. The van der Waals surface area contributed by atoms with Crippen LogP contribution in [0.1, 0.15) is 12.8 Å². The third-order valence-corrected chi connectivity index (χ3v) is 4.77. The fraction of sp³-hybridized carbons (Fsp3) is 0.538. The molecule has 0 aromatic heterocycles. The molecule has 118 valence electrons. The number of benzene rings is 1. The topological polar surface area (TPSA) is 52.6 Å². The van der Waals surface area contributed by atoms with Crippen LogP contribution < -0.4 is 4.74 Å². The van der Waals surface area contributed by atoms with Crippen molar-refractivity contribution in [2.24, 2.45) is 5.41 Å². The van der Waals surface area contributed by atoms with E-state index in [9.17, 15) is 17.2 Å². The van der Waals surface area contributed by atoms with Gasteiger partial charge in [-0.1, -0.05) is 6.07 Å². The Morgan fingerprint density at radius 3 is 2.57 bits per heavy atom. The van der Waals surface area contributed by atoms with Crippen LogP contribution in [0.5, 0.6) is 5.75 Å². The summed E-state index contributed by atoms with van der Waals surface area (Å²) in [6.45, 7) is 0.686. The molecule has 8 heteroatoms. The first-order valence-electron chi connectivity index (χ1n) is 6.38. The fourth-order valence-corrected chi connectivity index (χ4v) is 4.12. The van der Waals surface area contributed by atoms with Gasteiger partial charge in [-0.15, -0.1) is 0 Å². The lowest BCUT2D eigenvalue weighted by Crippen LogP contribution is -2.40. The predicted molar refractivity (Wildman–Crippen MR) is 74.0 cm³/mol. The van der Waals surface area contributed by atoms with E-state index in [-0.39, 0.29) is 18.1 Å². The van der Waals surface area contributed by atoms with Gasteiger partial charge in [-0.2, -0.15) is 4.39 Å². The molecule has 0 bridgehead atoms. The zero-order chi connectivity index (χ0) is 15.5. The van der Waals surface area contributed by atoms with E-state index in [0.717, 1.165) is 6.07 Å². The first-order chi connectivity index (χ1) is 9.81. The van der Waals surface area contributed by atoms with Crippen LogP contribution >= 0.6 is 10.7 Å². The van der Waals surface area contributed by atoms with Crippen molar-refractivity contribution in [3.63, 3.8) is 0 Å². The van der Waals surface area contributed by atoms with Crippen molar-refractivity contribution in [1.29, 1.82) is 0 Å². The van der Waals surface area contributed by atoms with Gasteiger partial charge in [0.2, 0.25) is 14.9 Å². The van der Waals surface area contributed by atoms with Crippen LogP contribution in [-0.2, 0) is 13.8 Å². The van der Waals surface area contributed by atoms with Gasteiger partial charge in [0.15, 0.2) is 11.6 Å². The molecule has 0 unspecified atom stereocenters. The van der Waals surface area contributed by atoms with E-state index in [2.05, 4.69) is 0 Å². The van der Waals surface area contributed by atoms with Gasteiger partial charge in [-0.05, 0) is 25.0 Å². The molecule has 1 fully saturated rings. The average molecular weight is 341 g/mol. The Labute approximate surface area is 126 Å². The molecular weight excluding hydrogens is 326 g/mol. The largest absolute Gasteiger partial charge is 0.490 e. The maximum Gasteiger partial charge on any atom is 0.233 e. The zero-order valence-corrected chi connectivity index (χ0v) is 12.7. The minimum atomic E-state index is -3.74. The van der Waals surface area contributed by atoms with Crippen molar-refractivity contribution in [1.82, 2.24) is 0 Å². The standard InChI is InChI=1S/C13H15ClF2O4S/c14-21(17,18)9-13(4-6-19-7-5-13)8-20-11-3-1-2-10(15)12(11)16/h1-3H,4-9H2. The van der Waals surface area contributed by atoms with E-state index in [1.165, 1.54) is 12.1 Å². The number of hydrogen-bond donors (Lipinski definition) is 0. The summed E-state index contributed by atoms with van der Waals surface area (Å²) in [4.78, 5) is 0. The Kier molecular flexibility index (Phi) is 5.06. The van der Waals surface area contributed by atoms with Crippen LogP contribution in [0.4, 0.5) is 8.78 Å². The smallest absolute Gasteiger partial charge is 0.233 e. The molecular formula is C13H15ClF2O4S. The van der Waals surface area contributed by atoms with E-state index in [1.54, 1.807) is 0 Å². The summed E-state index contributed by atoms with van der Waals surface area (Å²) < 4.78 is 59.9. The quantitative estimate of drug-likeness (QED) is 0.773. The molecule has 1 saturated heterocycles. The summed E-state index contributed by atoms with van der Waals surface area (Å²) in [6, 6.07) is 3.60. The summed E-state index contributed by atoms with van der Waals surface area (Å²) in [5.74, 6) is -2.64. The lowest BCUT2D eigenvalue weighted by molar-refractivity contribution is 0.00151. The van der Waals surface area contributed by atoms with Crippen LogP contribution in [0.25, 0.3) is 0 Å². The molecule has 1 aromatic carbocycles. The number of ether oxygens (including phenoxy) is 2. The molecule has 4 nitrogen and oxygen atoms in total. The average Bonchev–Trinajstić information content (AvgIpc) is 2.40. The monoisotopic (exact) mass is 340 g/mol. The summed E-state index contributed by atoms with van der Waals surface area (Å²) >= 11 is 0. The Morgan fingerprint density at radius 2 is 1.95 bits per heavy atom. The maximum absolute atomic E-state index is 13.5. The molecule has 2 rings (SSSR count). The summed E-state index contributed by atoms with van der Waals surface area (Å²) in [7, 11) is 1.60. The molecule has 1 aromatic rings. The van der Waals surface area contributed by atoms with E-state index in [0.29, 0.717) is 26.1 Å². The van der Waals surface area contributed by atoms with Crippen LogP contribution in [0, 0.1) is 17.0 Å². The summed E-state index contributed by atoms with van der Waals surface area (Å²) in [5.41, 5.74) is -0.752. The predicted octanol–water partition coefficient (Wildman–Crippen LogP) is 2.71. The van der Waals surface area contributed by atoms with Crippen molar-refractivity contribution in [3.05, 3.63) is 29.8 Å². The normalized spacial score (nSPS) is 18.4. The highest BCUT2D eigenvalue weighted by Crippen LogP contribution is 2.34. The van der Waals surface area contributed by atoms with Gasteiger partial charge in [-0.3, -0.25) is 0 Å². The first kappa shape index (κ1) is 16.5. The van der Waals surface area contributed by atoms with Gasteiger partial charge in [0, 0.05) is 29.3 Å². The third-order valence-electron chi connectivity index (χ3n) is 3.48. The van der Waals surface area contributed by atoms with Crippen LogP contribution in [-0.4, -0.2) is 34.0 Å². The molecule has 21 heavy (non-hydrogen) atoms. The SMILES string of the molecule is O=S(=O)(Cl)CC1(COc2cccc(F)c2F)CCOCC1. The van der Waals surface area contributed by atoms with Crippen LogP contribution in [0.15, 0.2) is 18.2 Å². The summed E-state index contributed by atoms with van der Waals surface area (Å²) in [6.07, 6.45) is 0.853. The molecule has 0 radical (unpaired) electrons. The highest BCUT2D eigenvalue weighted by Gasteiger charge is 2.38. The lowest BCUT2D eigenvalue weighted by Gasteiger charge is -2.35. The molecule has 0 saturated carbocycles. The Hall–Kier alpha value is -0.920. The molecule has 0 atom stereocenters. The third kappa shape index (κ3) is 4.52. The second-order valence-electron chi connectivity index (χ2n) is 5.14. The maximum atomic E-state index is 13.5. The van der Waals surface area contributed by atoms with Crippen molar-refractivity contribution in [2.45, 2.75) is 12.8 Å². The van der Waals surface area contributed by atoms with E-state index >= 15 is 0 Å². The van der Waals surface area contributed by atoms with Crippen molar-refractivity contribution >= 4 is 19.7 Å². The van der Waals surface area contributed by atoms with Gasteiger partial charge in [0.05, 0.1) is 12.4 Å². The van der Waals surface area contributed by atoms with Gasteiger partial charge >= 0.3 is 0 Å². The molecule has 1 heterocycles. The molecule has 1 aliphatic heterocycles. The van der Waals surface area contributed by atoms with Gasteiger partial charge < -0.3 is 9.47 Å². The first-order valence-corrected chi connectivity index (χ1v) is 8.86. The fourth-order valence-electron chi connectivity index (χ4n) is 2.33. The second-order valence-corrected chi connectivity index (χ2v) is 7.91. The Bertz CT molecular complexity index is 600. The lowest BCUT2D eigenvalue weighted by atomic mass is 9.83. The zero-order valence-electron chi connectivity index (χ0n) is 11.1. The van der Waals surface area contributed by atoms with Gasteiger partial charge in [0.25, 0.3) is 0 Å². The summed E-state index contributed by atoms with van der Waals surface area (Å²) in [5, 5.41) is 0. The highest BCUT2D eigenvalue weighted by atomic mass is 35.7. The van der Waals surface area contributed by atoms with E-state index < -0.39 is 26.1 Å². The minimum absolute atomic E-state index is 0.0668. The molecule has 0 N–H and O–H groups in total. The Balaban J connectivity index is 2.14. The Morgan fingerprint density at radius 1 is 1.29 bits per heavy atom. The number of hydrogen-bond acceptors (Lipinski definition) is 4. The van der Waals surface area contributed by atoms with E-state index in [1.807, 2.05) is 0 Å². The van der Waals surface area contributed by atoms with E-state index in [4.69, 9.17) is 20.2 Å². The van der Waals surface area contributed by atoms with Crippen molar-refractivity contribution < 1.29 is 26.7 Å². The minimum Gasteiger partial charge on any atom is -0.490 e. The second kappa shape index (κ2) is 6.46. The van der Waals surface area contributed by atoms with Crippen LogP contribution in [0.3, 0.4) is 0 Å². The molecule has 0 aliphatic carbocycles. The van der Waals surface area contributed by atoms with Gasteiger partial charge in [-0.25, -0.2) is 12.8 Å². The highest BCUT2D eigenvalue weighted by molar-refractivity contribution is 8.13. The molecule has 0 amide bonds. The van der Waals surface area contributed by atoms with Crippen molar-refractivity contribution in [3.8, 4) is 5.75 Å². The van der Waals surface area contributed by atoms with Crippen molar-refractivity contribution in [2.75, 3.05) is 25.6 Å². The van der Waals surface area contributed by atoms with Crippen LogP contribution in [0.2, 0.25) is 0 Å². The van der Waals surface area contributed by atoms with Gasteiger partial charge in [0.1, 0.15) is 0 Å². The number of halogens is 3. The molecule has 1 aliphatic rings.